The second-order valence-corrected chi connectivity index (χ2v) is 14.1. The number of unbranched alkanes of at least 4 members (excludes halogenated alkanes) is 4. The van der Waals surface area contributed by atoms with Crippen molar-refractivity contribution in [2.45, 2.75) is 161 Å². The van der Waals surface area contributed by atoms with Gasteiger partial charge in [-0.3, -0.25) is 0 Å². The average Bonchev–Trinajstić information content (AvgIpc) is 3.08. The number of alkyl carbamates (subject to hydrolysis) is 1. The lowest BCUT2D eigenvalue weighted by Crippen LogP contribution is -2.62. The molecule has 3 unspecified atom stereocenters. The van der Waals surface area contributed by atoms with Gasteiger partial charge in [-0.15, -0.1) is 0 Å². The number of rotatable bonds is 26. The summed E-state index contributed by atoms with van der Waals surface area (Å²) < 4.78 is 44.3. The van der Waals surface area contributed by atoms with Crippen LogP contribution in [-0.4, -0.2) is 99.3 Å². The fraction of sp³-hybridized carbons (Fsp3) is 0.775. The molecule has 0 spiro atoms. The maximum absolute atomic E-state index is 12.9. The zero-order valence-corrected chi connectivity index (χ0v) is 32.1. The fourth-order valence-corrected chi connectivity index (χ4v) is 5.40. The highest BCUT2D eigenvalue weighted by Crippen LogP contribution is 2.30. The predicted octanol–water partition coefficient (Wildman–Crippen LogP) is 7.54. The van der Waals surface area contributed by atoms with Gasteiger partial charge in [0.25, 0.3) is 0 Å². The van der Waals surface area contributed by atoms with Crippen LogP contribution in [0.3, 0.4) is 0 Å². The Labute approximate surface area is 302 Å². The van der Waals surface area contributed by atoms with Gasteiger partial charge in [0.15, 0.2) is 6.29 Å². The third kappa shape index (κ3) is 17.9. The Kier molecular flexibility index (Phi) is 22.8. The number of carbonyl (C=O) groups is 1. The van der Waals surface area contributed by atoms with Gasteiger partial charge in [0, 0.05) is 26.4 Å². The minimum absolute atomic E-state index is 0.0613. The standard InChI is InChI=1S/C40H69NO9/c1-8-12-25-44-30-34-35(45-26-13-9-2)36(46-27-14-10-3)37(47-28-15-11-4)38(49-34)48-29-32(41-39(43)50-40(5,6)7)33(42)24-20-19-23-31-21-17-16-18-22-31/h16-18,20-22,24,32-38,42H,8-15,19,23,25-30H2,1-7H3,(H,41,43)/b24-20+/t32-,33+,34?,35-,36?,37?,38-/m0/s1. The quantitative estimate of drug-likeness (QED) is 0.0745. The molecule has 1 aliphatic heterocycles. The van der Waals surface area contributed by atoms with Gasteiger partial charge in [0.2, 0.25) is 0 Å². The van der Waals surface area contributed by atoms with Gasteiger partial charge in [-0.25, -0.2) is 4.79 Å². The van der Waals surface area contributed by atoms with Crippen molar-refractivity contribution in [2.24, 2.45) is 0 Å². The number of carbonyl (C=O) groups excluding carboxylic acids is 1. The van der Waals surface area contributed by atoms with Gasteiger partial charge in [-0.1, -0.05) is 95.9 Å². The van der Waals surface area contributed by atoms with Crippen LogP contribution in [0, 0.1) is 0 Å². The van der Waals surface area contributed by atoms with E-state index >= 15 is 0 Å². The monoisotopic (exact) mass is 707 g/mol. The summed E-state index contributed by atoms with van der Waals surface area (Å²) in [6.07, 6.45) is 8.31. The number of aryl methyl sites for hydroxylation is 1. The number of hydrogen-bond acceptors (Lipinski definition) is 9. The van der Waals surface area contributed by atoms with E-state index in [4.69, 9.17) is 33.2 Å². The molecule has 1 aromatic carbocycles. The van der Waals surface area contributed by atoms with Crippen LogP contribution in [0.4, 0.5) is 4.79 Å². The van der Waals surface area contributed by atoms with E-state index < -0.39 is 54.5 Å². The lowest BCUT2D eigenvalue weighted by atomic mass is 9.98. The largest absolute Gasteiger partial charge is 0.444 e. The van der Waals surface area contributed by atoms with Gasteiger partial charge in [-0.2, -0.15) is 0 Å². The molecule has 1 amide bonds. The molecule has 1 saturated heterocycles. The van der Waals surface area contributed by atoms with Crippen LogP contribution in [0.2, 0.25) is 0 Å². The van der Waals surface area contributed by atoms with E-state index in [0.717, 1.165) is 64.2 Å². The normalized spacial score (nSPS) is 22.4. The van der Waals surface area contributed by atoms with Gasteiger partial charge in [0.05, 0.1) is 25.4 Å². The number of benzene rings is 1. The zero-order chi connectivity index (χ0) is 36.6. The molecule has 1 heterocycles. The van der Waals surface area contributed by atoms with E-state index in [2.05, 4.69) is 45.1 Å². The Bertz CT molecular complexity index is 1020. The summed E-state index contributed by atoms with van der Waals surface area (Å²) in [5.74, 6) is 0. The van der Waals surface area contributed by atoms with Crippen molar-refractivity contribution >= 4 is 6.09 Å². The summed E-state index contributed by atoms with van der Waals surface area (Å²) >= 11 is 0. The van der Waals surface area contributed by atoms with Crippen LogP contribution < -0.4 is 5.32 Å². The van der Waals surface area contributed by atoms with E-state index in [1.54, 1.807) is 26.8 Å². The molecule has 1 fully saturated rings. The Morgan fingerprint density at radius 2 is 1.42 bits per heavy atom. The minimum atomic E-state index is -1.05. The lowest BCUT2D eigenvalue weighted by Gasteiger charge is -2.46. The van der Waals surface area contributed by atoms with Crippen molar-refractivity contribution in [1.82, 2.24) is 5.32 Å². The molecule has 10 heteroatoms. The molecule has 10 nitrogen and oxygen atoms in total. The van der Waals surface area contributed by atoms with Crippen LogP contribution in [0.5, 0.6) is 0 Å². The molecule has 0 aromatic heterocycles. The van der Waals surface area contributed by atoms with Gasteiger partial charge in [0.1, 0.15) is 30.0 Å². The number of allylic oxidation sites excluding steroid dienone is 1. The molecule has 2 rings (SSSR count). The van der Waals surface area contributed by atoms with Crippen LogP contribution in [0.15, 0.2) is 42.5 Å². The summed E-state index contributed by atoms with van der Waals surface area (Å²) in [5.41, 5.74) is 0.500. The molecule has 50 heavy (non-hydrogen) atoms. The molecule has 1 aromatic rings. The van der Waals surface area contributed by atoms with Gasteiger partial charge < -0.3 is 43.6 Å². The van der Waals surface area contributed by atoms with Crippen molar-refractivity contribution in [3.8, 4) is 0 Å². The SMILES string of the molecule is CCCCOCC1O[C@H](OC[C@H](NC(=O)OC(C)(C)C)[C@H](O)/C=C/CCc2ccccc2)C(OCCCC)C(OCCCC)[C@H]1OCCCC. The number of hydrogen-bond donors (Lipinski definition) is 2. The van der Waals surface area contributed by atoms with Crippen LogP contribution in [0.25, 0.3) is 0 Å². The van der Waals surface area contributed by atoms with Crippen LogP contribution in [0.1, 0.15) is 112 Å². The molecule has 0 radical (unpaired) electrons. The Morgan fingerprint density at radius 3 is 2.02 bits per heavy atom. The number of aliphatic hydroxyl groups excluding tert-OH is 1. The van der Waals surface area contributed by atoms with Crippen LogP contribution in [-0.2, 0) is 39.6 Å². The number of aliphatic hydroxyl groups is 1. The van der Waals surface area contributed by atoms with Crippen molar-refractivity contribution in [1.29, 1.82) is 0 Å². The van der Waals surface area contributed by atoms with Gasteiger partial charge in [-0.05, 0) is 64.9 Å². The van der Waals surface area contributed by atoms with Crippen molar-refractivity contribution in [2.75, 3.05) is 39.6 Å². The second-order valence-electron chi connectivity index (χ2n) is 14.1. The Balaban J connectivity index is 2.34. The molecule has 288 valence electrons. The predicted molar refractivity (Wildman–Crippen MR) is 197 cm³/mol. The number of nitrogens with one attached hydrogen (secondary N) is 1. The third-order valence-corrected chi connectivity index (χ3v) is 8.27. The fourth-order valence-electron chi connectivity index (χ4n) is 5.40. The molecule has 2 N–H and O–H groups in total. The van der Waals surface area contributed by atoms with E-state index in [1.165, 1.54) is 5.56 Å². The Morgan fingerprint density at radius 1 is 0.840 bits per heavy atom. The molecule has 0 saturated carbocycles. The molecular weight excluding hydrogens is 638 g/mol. The molecule has 1 aliphatic rings. The van der Waals surface area contributed by atoms with E-state index in [0.29, 0.717) is 33.0 Å². The smallest absolute Gasteiger partial charge is 0.408 e. The summed E-state index contributed by atoms with van der Waals surface area (Å²) in [6, 6.07) is 9.35. The van der Waals surface area contributed by atoms with Crippen molar-refractivity contribution in [3.63, 3.8) is 0 Å². The van der Waals surface area contributed by atoms with E-state index in [-0.39, 0.29) is 6.61 Å². The first kappa shape index (κ1) is 44.1. The number of amides is 1. The first-order chi connectivity index (χ1) is 24.1. The lowest BCUT2D eigenvalue weighted by molar-refractivity contribution is -0.325. The maximum Gasteiger partial charge on any atom is 0.408 e. The highest BCUT2D eigenvalue weighted by molar-refractivity contribution is 5.68. The van der Waals surface area contributed by atoms with E-state index in [1.807, 2.05) is 24.3 Å². The average molecular weight is 708 g/mol. The molecular formula is C40H69NO9. The second kappa shape index (κ2) is 25.8. The minimum Gasteiger partial charge on any atom is -0.444 e. The van der Waals surface area contributed by atoms with Crippen molar-refractivity contribution in [3.05, 3.63) is 48.0 Å². The molecule has 0 aliphatic carbocycles. The van der Waals surface area contributed by atoms with Crippen LogP contribution >= 0.6 is 0 Å². The molecule has 7 atom stereocenters. The summed E-state index contributed by atoms with van der Waals surface area (Å²) in [7, 11) is 0. The first-order valence-electron chi connectivity index (χ1n) is 19.2. The van der Waals surface area contributed by atoms with Gasteiger partial charge >= 0.3 is 6.09 Å². The highest BCUT2D eigenvalue weighted by atomic mass is 16.7. The zero-order valence-electron chi connectivity index (χ0n) is 32.1. The summed E-state index contributed by atoms with van der Waals surface area (Å²) in [4.78, 5) is 12.9. The third-order valence-electron chi connectivity index (χ3n) is 8.27. The highest BCUT2D eigenvalue weighted by Gasteiger charge is 2.49. The summed E-state index contributed by atoms with van der Waals surface area (Å²) in [6.45, 7) is 16.4. The first-order valence-corrected chi connectivity index (χ1v) is 19.2. The number of ether oxygens (including phenoxy) is 7. The topological polar surface area (TPSA) is 114 Å². The Hall–Kier alpha value is -2.05. The van der Waals surface area contributed by atoms with E-state index in [9.17, 15) is 9.90 Å². The summed E-state index contributed by atoms with van der Waals surface area (Å²) in [5, 5.41) is 14.2. The van der Waals surface area contributed by atoms with Crippen molar-refractivity contribution < 1.29 is 43.1 Å². The molecule has 0 bridgehead atoms. The maximum atomic E-state index is 12.9.